The van der Waals surface area contributed by atoms with Crippen molar-refractivity contribution in [3.05, 3.63) is 42.0 Å². The molecule has 3 amide bonds. The molecular weight excluding hydrogens is 258 g/mol. The average molecular weight is 268 g/mol. The van der Waals surface area contributed by atoms with Gasteiger partial charge in [0.2, 0.25) is 0 Å². The fourth-order valence-electron chi connectivity index (χ4n) is 1.58. The Morgan fingerprint density at radius 2 is 1.67 bits per heavy atom. The minimum Gasteiger partial charge on any atom is -0.290 e. The summed E-state index contributed by atoms with van der Waals surface area (Å²) >= 11 is 0. The van der Waals surface area contributed by atoms with E-state index in [1.54, 1.807) is 12.1 Å². The molecule has 1 aromatic carbocycles. The second-order valence-corrected chi connectivity index (χ2v) is 3.34. The van der Waals surface area contributed by atoms with Gasteiger partial charge in [0.05, 0.1) is 11.3 Å². The number of nitrogens with two attached hydrogens (primary N) is 1. The molecule has 0 spiro atoms. The number of rotatable bonds is 2. The normalized spacial score (nSPS) is 13.5. The molecule has 0 aromatic heterocycles. The summed E-state index contributed by atoms with van der Waals surface area (Å²) in [6.45, 7) is 0. The number of nitrogen functional groups attached to an aromatic ring is 1. The minimum atomic E-state index is -0.562. The summed E-state index contributed by atoms with van der Waals surface area (Å²) in [6.07, 6.45) is 2.30. The van der Waals surface area contributed by atoms with E-state index in [1.807, 2.05) is 5.43 Å². The second-order valence-electron chi connectivity index (χ2n) is 3.34. The third-order valence-corrected chi connectivity index (χ3v) is 2.33. The number of benzene rings is 1. The van der Waals surface area contributed by atoms with Crippen LogP contribution in [0.2, 0.25) is 0 Å². The van der Waals surface area contributed by atoms with Gasteiger partial charge in [-0.05, 0) is 12.1 Å². The number of carbonyl (C=O) groups excluding carboxylic acids is 3. The number of imide groups is 1. The Morgan fingerprint density at radius 3 is 2.22 bits per heavy atom. The maximum absolute atomic E-state index is 11.5. The topological polar surface area (TPSA) is 92.5 Å². The van der Waals surface area contributed by atoms with Crippen molar-refractivity contribution in [3.63, 3.8) is 0 Å². The van der Waals surface area contributed by atoms with E-state index in [0.717, 1.165) is 17.1 Å². The number of hydrazine groups is 1. The van der Waals surface area contributed by atoms with Crippen molar-refractivity contribution in [2.24, 2.45) is 5.84 Å². The van der Waals surface area contributed by atoms with Crippen molar-refractivity contribution >= 4 is 35.8 Å². The lowest BCUT2D eigenvalue weighted by Gasteiger charge is -2.16. The minimum absolute atomic E-state index is 0. The van der Waals surface area contributed by atoms with Crippen LogP contribution < -0.4 is 16.2 Å². The van der Waals surface area contributed by atoms with Gasteiger partial charge >= 0.3 is 0 Å². The summed E-state index contributed by atoms with van der Waals surface area (Å²) in [5, 5.41) is 0. The van der Waals surface area contributed by atoms with Crippen LogP contribution in [0.25, 0.3) is 0 Å². The number of hydrogen-bond donors (Lipinski definition) is 2. The summed E-state index contributed by atoms with van der Waals surface area (Å²) < 4.78 is 0. The lowest BCUT2D eigenvalue weighted by molar-refractivity contribution is -0.119. The summed E-state index contributed by atoms with van der Waals surface area (Å²) in [5.74, 6) is 3.52. The van der Waals surface area contributed by atoms with Crippen LogP contribution in [0.1, 0.15) is 10.4 Å². The summed E-state index contributed by atoms with van der Waals surface area (Å²) in [4.78, 5) is 35.4. The molecule has 1 aliphatic heterocycles. The highest BCUT2D eigenvalue weighted by Gasteiger charge is 2.28. The molecule has 0 radical (unpaired) electrons. The van der Waals surface area contributed by atoms with Gasteiger partial charge in [-0.25, -0.2) is 10.7 Å². The standard InChI is InChI=1S/C11H9N3O3.ClH/c12-13-11(17)7-3-1-2-4-8(7)14-9(15)5-6-10(14)16;/h1-6H,12H2,(H,13,17);1H. The molecule has 0 unspecified atom stereocenters. The van der Waals surface area contributed by atoms with Crippen molar-refractivity contribution in [1.29, 1.82) is 0 Å². The molecule has 7 heteroatoms. The molecule has 0 aliphatic carbocycles. The van der Waals surface area contributed by atoms with Crippen LogP contribution in [0, 0.1) is 0 Å². The fourth-order valence-corrected chi connectivity index (χ4v) is 1.58. The number of anilines is 1. The molecule has 0 saturated heterocycles. The predicted octanol–water partition coefficient (Wildman–Crippen LogP) is 0.141. The van der Waals surface area contributed by atoms with Gasteiger partial charge in [-0.1, -0.05) is 12.1 Å². The van der Waals surface area contributed by atoms with Gasteiger partial charge < -0.3 is 0 Å². The Kier molecular flexibility index (Phi) is 4.19. The molecule has 0 atom stereocenters. The predicted molar refractivity (Wildman–Crippen MR) is 67.0 cm³/mol. The number of amides is 3. The zero-order chi connectivity index (χ0) is 12.4. The molecular formula is C11H10ClN3O3. The Morgan fingerprint density at radius 1 is 1.11 bits per heavy atom. The lowest BCUT2D eigenvalue weighted by atomic mass is 10.1. The van der Waals surface area contributed by atoms with Crippen molar-refractivity contribution in [2.45, 2.75) is 0 Å². The van der Waals surface area contributed by atoms with Crippen LogP contribution in [0.5, 0.6) is 0 Å². The summed E-state index contributed by atoms with van der Waals surface area (Å²) in [7, 11) is 0. The molecule has 94 valence electrons. The van der Waals surface area contributed by atoms with Gasteiger partial charge in [0.25, 0.3) is 17.7 Å². The van der Waals surface area contributed by atoms with Crippen LogP contribution in [-0.4, -0.2) is 17.7 Å². The first kappa shape index (κ1) is 13.9. The van der Waals surface area contributed by atoms with E-state index in [2.05, 4.69) is 0 Å². The van der Waals surface area contributed by atoms with Crippen LogP contribution >= 0.6 is 12.4 Å². The monoisotopic (exact) mass is 267 g/mol. The SMILES string of the molecule is Cl.NNC(=O)c1ccccc1N1C(=O)C=CC1=O. The molecule has 0 bridgehead atoms. The molecule has 1 aromatic rings. The van der Waals surface area contributed by atoms with E-state index in [1.165, 1.54) is 12.1 Å². The number of carbonyl (C=O) groups is 3. The van der Waals surface area contributed by atoms with E-state index in [-0.39, 0.29) is 23.7 Å². The Hall–Kier alpha value is -2.18. The first-order valence-electron chi connectivity index (χ1n) is 4.81. The lowest BCUT2D eigenvalue weighted by Crippen LogP contribution is -2.35. The highest BCUT2D eigenvalue weighted by atomic mass is 35.5. The number of hydrogen-bond acceptors (Lipinski definition) is 4. The molecule has 1 heterocycles. The zero-order valence-electron chi connectivity index (χ0n) is 9.12. The zero-order valence-corrected chi connectivity index (χ0v) is 9.94. The highest BCUT2D eigenvalue weighted by Crippen LogP contribution is 2.23. The van der Waals surface area contributed by atoms with Crippen LogP contribution in [0.3, 0.4) is 0 Å². The quantitative estimate of drug-likeness (QED) is 0.345. The highest BCUT2D eigenvalue weighted by molar-refractivity contribution is 6.29. The number of nitrogens with one attached hydrogen (secondary N) is 1. The molecule has 0 saturated carbocycles. The number of para-hydroxylation sites is 1. The van der Waals surface area contributed by atoms with Crippen molar-refractivity contribution < 1.29 is 14.4 Å². The smallest absolute Gasteiger partial charge is 0.267 e. The molecule has 2 rings (SSSR count). The second kappa shape index (κ2) is 5.44. The van der Waals surface area contributed by atoms with Gasteiger partial charge in [-0.2, -0.15) is 0 Å². The van der Waals surface area contributed by atoms with Gasteiger partial charge in [0.15, 0.2) is 0 Å². The number of halogens is 1. The number of nitrogens with zero attached hydrogens (tertiary/aromatic N) is 1. The third-order valence-electron chi connectivity index (χ3n) is 2.33. The van der Waals surface area contributed by atoms with E-state index in [0.29, 0.717) is 0 Å². The maximum Gasteiger partial charge on any atom is 0.267 e. The molecule has 18 heavy (non-hydrogen) atoms. The molecule has 3 N–H and O–H groups in total. The van der Waals surface area contributed by atoms with E-state index < -0.39 is 17.7 Å². The fraction of sp³-hybridized carbons (Fsp3) is 0. The van der Waals surface area contributed by atoms with Gasteiger partial charge in [-0.3, -0.25) is 19.8 Å². The van der Waals surface area contributed by atoms with Crippen molar-refractivity contribution in [1.82, 2.24) is 5.43 Å². The van der Waals surface area contributed by atoms with Crippen molar-refractivity contribution in [3.8, 4) is 0 Å². The largest absolute Gasteiger partial charge is 0.290 e. The van der Waals surface area contributed by atoms with Crippen molar-refractivity contribution in [2.75, 3.05) is 4.90 Å². The van der Waals surface area contributed by atoms with Crippen LogP contribution in [0.4, 0.5) is 5.69 Å². The Labute approximate surface area is 109 Å². The van der Waals surface area contributed by atoms with Crippen LogP contribution in [0.15, 0.2) is 36.4 Å². The summed E-state index contributed by atoms with van der Waals surface area (Å²) in [5.41, 5.74) is 2.35. The Balaban J connectivity index is 0.00000162. The molecule has 6 nitrogen and oxygen atoms in total. The first-order valence-corrected chi connectivity index (χ1v) is 4.81. The van der Waals surface area contributed by atoms with Gasteiger partial charge in [-0.15, -0.1) is 12.4 Å². The van der Waals surface area contributed by atoms with Gasteiger partial charge in [0, 0.05) is 12.2 Å². The van der Waals surface area contributed by atoms with Crippen LogP contribution in [-0.2, 0) is 9.59 Å². The van der Waals surface area contributed by atoms with E-state index >= 15 is 0 Å². The average Bonchev–Trinajstić information content (AvgIpc) is 2.68. The van der Waals surface area contributed by atoms with E-state index in [9.17, 15) is 14.4 Å². The third kappa shape index (κ3) is 2.24. The maximum atomic E-state index is 11.5. The summed E-state index contributed by atoms with van der Waals surface area (Å²) in [6, 6.07) is 6.23. The molecule has 0 fully saturated rings. The molecule has 1 aliphatic rings. The first-order chi connectivity index (χ1) is 8.15. The van der Waals surface area contributed by atoms with Gasteiger partial charge in [0.1, 0.15) is 0 Å². The van der Waals surface area contributed by atoms with E-state index in [4.69, 9.17) is 5.84 Å². The Bertz CT molecular complexity index is 524.